The van der Waals surface area contributed by atoms with Gasteiger partial charge in [0.15, 0.2) is 0 Å². The number of pyridine rings is 1. The molecule has 0 aliphatic carbocycles. The average molecular weight is 392 g/mol. The molecule has 0 bridgehead atoms. The largest absolute Gasteiger partial charge is 0.497 e. The fourth-order valence-corrected chi connectivity index (χ4v) is 3.47. The third-order valence-electron chi connectivity index (χ3n) is 5.02. The van der Waals surface area contributed by atoms with E-state index in [-0.39, 0.29) is 5.91 Å². The van der Waals surface area contributed by atoms with Crippen molar-refractivity contribution in [3.8, 4) is 17.2 Å². The van der Waals surface area contributed by atoms with Crippen LogP contribution in [0.3, 0.4) is 0 Å². The number of hydrogen-bond acceptors (Lipinski definition) is 6. The van der Waals surface area contributed by atoms with Gasteiger partial charge in [-0.2, -0.15) is 0 Å². The van der Waals surface area contributed by atoms with Gasteiger partial charge >= 0.3 is 0 Å². The number of aromatic nitrogens is 2. The summed E-state index contributed by atoms with van der Waals surface area (Å²) in [6.07, 6.45) is 4.22. The summed E-state index contributed by atoms with van der Waals surface area (Å²) in [6.45, 7) is 3.76. The van der Waals surface area contributed by atoms with Crippen LogP contribution in [0.2, 0.25) is 0 Å². The van der Waals surface area contributed by atoms with Crippen LogP contribution in [0, 0.1) is 0 Å². The lowest BCUT2D eigenvalue weighted by Crippen LogP contribution is -2.35. The van der Waals surface area contributed by atoms with E-state index >= 15 is 0 Å². The highest BCUT2D eigenvalue weighted by Gasteiger charge is 2.22. The van der Waals surface area contributed by atoms with Crippen molar-refractivity contribution in [2.75, 3.05) is 33.3 Å². The topological polar surface area (TPSA) is 71.7 Å². The first-order chi connectivity index (χ1) is 14.2. The minimum atomic E-state index is -0.0569. The molecular weight excluding hydrogens is 368 g/mol. The van der Waals surface area contributed by atoms with Crippen molar-refractivity contribution in [2.45, 2.75) is 13.0 Å². The molecule has 7 nitrogen and oxygen atoms in total. The van der Waals surface area contributed by atoms with Gasteiger partial charge in [0.25, 0.3) is 5.91 Å². The minimum Gasteiger partial charge on any atom is -0.497 e. The van der Waals surface area contributed by atoms with Crippen LogP contribution in [0.5, 0.6) is 5.75 Å². The second kappa shape index (κ2) is 8.87. The molecule has 1 fully saturated rings. The normalized spacial score (nSPS) is 15.1. The molecule has 4 rings (SSSR count). The van der Waals surface area contributed by atoms with Gasteiger partial charge in [0.05, 0.1) is 12.8 Å². The first-order valence-corrected chi connectivity index (χ1v) is 9.74. The predicted molar refractivity (Wildman–Crippen MR) is 109 cm³/mol. The van der Waals surface area contributed by atoms with Crippen molar-refractivity contribution >= 4 is 5.91 Å². The SMILES string of the molecule is COc1ccnc(C(=O)N2CCCN(Cc3coc(-c4ccccc4)n3)CC2)c1. The van der Waals surface area contributed by atoms with E-state index in [0.29, 0.717) is 37.0 Å². The van der Waals surface area contributed by atoms with E-state index in [9.17, 15) is 4.79 Å². The average Bonchev–Trinajstić information content (AvgIpc) is 3.12. The highest BCUT2D eigenvalue weighted by Crippen LogP contribution is 2.19. The number of rotatable bonds is 5. The highest BCUT2D eigenvalue weighted by atomic mass is 16.5. The third-order valence-corrected chi connectivity index (χ3v) is 5.02. The lowest BCUT2D eigenvalue weighted by Gasteiger charge is -2.21. The lowest BCUT2D eigenvalue weighted by atomic mass is 10.2. The highest BCUT2D eigenvalue weighted by molar-refractivity contribution is 5.92. The number of carbonyl (C=O) groups is 1. The molecule has 0 N–H and O–H groups in total. The number of nitrogens with zero attached hydrogens (tertiary/aromatic N) is 4. The van der Waals surface area contributed by atoms with Crippen molar-refractivity contribution < 1.29 is 13.9 Å². The molecule has 150 valence electrons. The standard InChI is InChI=1S/C22H24N4O3/c1-28-19-8-9-23-20(14-19)22(27)26-11-5-10-25(12-13-26)15-18-16-29-21(24-18)17-6-3-2-4-7-17/h2-4,6-9,14,16H,5,10-13,15H2,1H3. The monoisotopic (exact) mass is 392 g/mol. The summed E-state index contributed by atoms with van der Waals surface area (Å²) in [7, 11) is 1.58. The first-order valence-electron chi connectivity index (χ1n) is 9.74. The Morgan fingerprint density at radius 3 is 2.83 bits per heavy atom. The first kappa shape index (κ1) is 19.1. The fraction of sp³-hybridized carbons (Fsp3) is 0.318. The summed E-state index contributed by atoms with van der Waals surface area (Å²) in [4.78, 5) is 25.8. The second-order valence-electron chi connectivity index (χ2n) is 7.01. The number of oxazole rings is 1. The summed E-state index contributed by atoms with van der Waals surface area (Å²) in [5.41, 5.74) is 2.29. The summed E-state index contributed by atoms with van der Waals surface area (Å²) < 4.78 is 10.8. The van der Waals surface area contributed by atoms with Gasteiger partial charge in [-0.1, -0.05) is 18.2 Å². The zero-order chi connectivity index (χ0) is 20.1. The van der Waals surface area contributed by atoms with Gasteiger partial charge in [0.2, 0.25) is 5.89 Å². The Balaban J connectivity index is 1.37. The van der Waals surface area contributed by atoms with Crippen molar-refractivity contribution in [2.24, 2.45) is 0 Å². The Kier molecular flexibility index (Phi) is 5.86. The van der Waals surface area contributed by atoms with Crippen molar-refractivity contribution in [1.29, 1.82) is 0 Å². The summed E-state index contributed by atoms with van der Waals surface area (Å²) >= 11 is 0. The van der Waals surface area contributed by atoms with Crippen molar-refractivity contribution in [1.82, 2.24) is 19.8 Å². The van der Waals surface area contributed by atoms with Crippen LogP contribution in [0.1, 0.15) is 22.6 Å². The van der Waals surface area contributed by atoms with Crippen LogP contribution < -0.4 is 4.74 Å². The molecule has 7 heteroatoms. The lowest BCUT2D eigenvalue weighted by molar-refractivity contribution is 0.0754. The number of carbonyl (C=O) groups excluding carboxylic acids is 1. The van der Waals surface area contributed by atoms with Gasteiger partial charge < -0.3 is 14.1 Å². The van der Waals surface area contributed by atoms with Gasteiger partial charge in [0, 0.05) is 50.6 Å². The van der Waals surface area contributed by atoms with E-state index in [1.54, 1.807) is 31.7 Å². The van der Waals surface area contributed by atoms with Crippen molar-refractivity contribution in [3.05, 3.63) is 66.3 Å². The van der Waals surface area contributed by atoms with E-state index in [1.807, 2.05) is 35.2 Å². The smallest absolute Gasteiger partial charge is 0.272 e. The molecular formula is C22H24N4O3. The van der Waals surface area contributed by atoms with Gasteiger partial charge in [0.1, 0.15) is 17.7 Å². The van der Waals surface area contributed by atoms with Gasteiger partial charge in [-0.05, 0) is 24.6 Å². The molecule has 1 saturated heterocycles. The summed E-state index contributed by atoms with van der Waals surface area (Å²) in [5, 5.41) is 0. The molecule has 0 atom stereocenters. The zero-order valence-electron chi connectivity index (χ0n) is 16.5. The van der Waals surface area contributed by atoms with Crippen LogP contribution in [0.15, 0.2) is 59.3 Å². The number of ether oxygens (including phenoxy) is 1. The van der Waals surface area contributed by atoms with E-state index < -0.39 is 0 Å². The molecule has 0 spiro atoms. The molecule has 1 aliphatic rings. The van der Waals surface area contributed by atoms with E-state index in [0.717, 1.165) is 30.8 Å². The molecule has 1 amide bonds. The Morgan fingerprint density at radius 1 is 1.14 bits per heavy atom. The molecule has 3 aromatic rings. The fourth-order valence-electron chi connectivity index (χ4n) is 3.47. The third kappa shape index (κ3) is 4.63. The van der Waals surface area contributed by atoms with E-state index in [1.165, 1.54) is 0 Å². The Labute approximate surface area is 169 Å². The Hall–Kier alpha value is -3.19. The van der Waals surface area contributed by atoms with Crippen molar-refractivity contribution in [3.63, 3.8) is 0 Å². The minimum absolute atomic E-state index is 0.0569. The molecule has 0 saturated carbocycles. The maximum absolute atomic E-state index is 12.8. The van der Waals surface area contributed by atoms with Gasteiger partial charge in [-0.25, -0.2) is 4.98 Å². The predicted octanol–water partition coefficient (Wildman–Crippen LogP) is 3.09. The molecule has 1 aromatic carbocycles. The zero-order valence-corrected chi connectivity index (χ0v) is 16.5. The van der Waals surface area contributed by atoms with E-state index in [2.05, 4.69) is 14.9 Å². The molecule has 0 unspecified atom stereocenters. The number of amides is 1. The quantitative estimate of drug-likeness (QED) is 0.664. The molecule has 3 heterocycles. The second-order valence-corrected chi connectivity index (χ2v) is 7.01. The van der Waals surface area contributed by atoms with Crippen LogP contribution in [-0.4, -0.2) is 59.0 Å². The number of benzene rings is 1. The van der Waals surface area contributed by atoms with E-state index in [4.69, 9.17) is 9.15 Å². The van der Waals surface area contributed by atoms with Gasteiger partial charge in [-0.3, -0.25) is 14.7 Å². The summed E-state index contributed by atoms with van der Waals surface area (Å²) in [5.74, 6) is 1.22. The Morgan fingerprint density at radius 2 is 2.00 bits per heavy atom. The van der Waals surface area contributed by atoms with Crippen LogP contribution >= 0.6 is 0 Å². The molecule has 0 radical (unpaired) electrons. The maximum Gasteiger partial charge on any atom is 0.272 e. The number of hydrogen-bond donors (Lipinski definition) is 0. The number of methoxy groups -OCH3 is 1. The van der Waals surface area contributed by atoms with Crippen LogP contribution in [-0.2, 0) is 6.54 Å². The molecule has 2 aromatic heterocycles. The van der Waals surface area contributed by atoms with Gasteiger partial charge in [-0.15, -0.1) is 0 Å². The Bertz CT molecular complexity index is 957. The van der Waals surface area contributed by atoms with Crippen LogP contribution in [0.25, 0.3) is 11.5 Å². The summed E-state index contributed by atoms with van der Waals surface area (Å²) in [6, 6.07) is 13.3. The van der Waals surface area contributed by atoms with Crippen LogP contribution in [0.4, 0.5) is 0 Å². The molecule has 29 heavy (non-hydrogen) atoms. The maximum atomic E-state index is 12.8. The molecule has 1 aliphatic heterocycles.